The van der Waals surface area contributed by atoms with Crippen LogP contribution in [0.5, 0.6) is 5.88 Å². The van der Waals surface area contributed by atoms with Gasteiger partial charge in [0.25, 0.3) is 5.56 Å². The van der Waals surface area contributed by atoms with Gasteiger partial charge in [-0.15, -0.1) is 5.11 Å². The third-order valence-corrected chi connectivity index (χ3v) is 2.32. The SMILES string of the molecule is O=c1cc(C(F)(F)F)c(N=Nc2ccccc2)c(O)[nH]1. The first-order chi connectivity index (χ1) is 9.38. The van der Waals surface area contributed by atoms with Gasteiger partial charge in [0.1, 0.15) is 0 Å². The molecule has 8 heteroatoms. The van der Waals surface area contributed by atoms with E-state index in [2.05, 4.69) is 10.2 Å². The first-order valence-corrected chi connectivity index (χ1v) is 5.38. The molecule has 1 aromatic carbocycles. The van der Waals surface area contributed by atoms with E-state index in [1.54, 1.807) is 18.2 Å². The molecular formula is C12H8F3N3O2. The van der Waals surface area contributed by atoms with Crippen molar-refractivity contribution in [3.05, 3.63) is 52.3 Å². The van der Waals surface area contributed by atoms with Crippen LogP contribution in [-0.4, -0.2) is 10.1 Å². The number of pyridine rings is 1. The Morgan fingerprint density at radius 2 is 1.75 bits per heavy atom. The molecule has 5 nitrogen and oxygen atoms in total. The summed E-state index contributed by atoms with van der Waals surface area (Å²) in [6, 6.07) is 8.34. The van der Waals surface area contributed by atoms with E-state index in [4.69, 9.17) is 0 Å². The summed E-state index contributed by atoms with van der Waals surface area (Å²) in [5, 5.41) is 16.4. The third kappa shape index (κ3) is 3.02. The van der Waals surface area contributed by atoms with Crippen molar-refractivity contribution in [3.63, 3.8) is 0 Å². The highest BCUT2D eigenvalue weighted by Crippen LogP contribution is 2.39. The number of nitrogens with zero attached hydrogens (tertiary/aromatic N) is 2. The van der Waals surface area contributed by atoms with Crippen LogP contribution in [0.2, 0.25) is 0 Å². The fourth-order valence-electron chi connectivity index (χ4n) is 1.46. The Kier molecular flexibility index (Phi) is 3.55. The molecule has 0 spiro atoms. The Labute approximate surface area is 110 Å². The minimum absolute atomic E-state index is 0.311. The molecule has 0 bridgehead atoms. The monoisotopic (exact) mass is 283 g/mol. The van der Waals surface area contributed by atoms with Gasteiger partial charge >= 0.3 is 6.18 Å². The van der Waals surface area contributed by atoms with E-state index in [9.17, 15) is 23.1 Å². The van der Waals surface area contributed by atoms with Crippen LogP contribution in [0.4, 0.5) is 24.5 Å². The first kappa shape index (κ1) is 13.8. The topological polar surface area (TPSA) is 77.8 Å². The smallest absolute Gasteiger partial charge is 0.418 e. The average Bonchev–Trinajstić information content (AvgIpc) is 2.37. The average molecular weight is 283 g/mol. The Morgan fingerprint density at radius 1 is 1.10 bits per heavy atom. The summed E-state index contributed by atoms with van der Waals surface area (Å²) in [5.41, 5.74) is -2.95. The van der Waals surface area contributed by atoms with E-state index >= 15 is 0 Å². The number of rotatable bonds is 2. The molecule has 0 saturated carbocycles. The number of aromatic nitrogens is 1. The molecule has 0 saturated heterocycles. The molecular weight excluding hydrogens is 275 g/mol. The molecule has 0 atom stereocenters. The molecule has 0 fully saturated rings. The summed E-state index contributed by atoms with van der Waals surface area (Å²) in [5.74, 6) is -0.982. The van der Waals surface area contributed by atoms with Gasteiger partial charge < -0.3 is 5.11 Å². The van der Waals surface area contributed by atoms with Gasteiger partial charge in [-0.3, -0.25) is 9.78 Å². The minimum atomic E-state index is -4.82. The second-order valence-electron chi connectivity index (χ2n) is 3.78. The Bertz CT molecular complexity index is 693. The number of nitrogens with one attached hydrogen (secondary N) is 1. The molecule has 0 radical (unpaired) electrons. The number of aromatic hydroxyl groups is 1. The maximum atomic E-state index is 12.8. The molecule has 1 aromatic heterocycles. The van der Waals surface area contributed by atoms with Gasteiger partial charge in [-0.05, 0) is 12.1 Å². The standard InChI is InChI=1S/C12H8F3N3O2/c13-12(14,15)8-6-9(19)16-11(20)10(8)18-17-7-4-2-1-3-5-7/h1-6H,(H2,16,19,20). The lowest BCUT2D eigenvalue weighted by molar-refractivity contribution is -0.137. The van der Waals surface area contributed by atoms with Gasteiger partial charge in [-0.1, -0.05) is 18.2 Å². The summed E-state index contributed by atoms with van der Waals surface area (Å²) in [6.45, 7) is 0. The van der Waals surface area contributed by atoms with E-state index in [-0.39, 0.29) is 0 Å². The zero-order valence-electron chi connectivity index (χ0n) is 9.85. The van der Waals surface area contributed by atoms with Crippen molar-refractivity contribution in [2.75, 3.05) is 0 Å². The predicted octanol–water partition coefficient (Wildman–Crippen LogP) is 3.51. The van der Waals surface area contributed by atoms with Gasteiger partial charge in [0.15, 0.2) is 5.69 Å². The number of azo groups is 1. The Morgan fingerprint density at radius 3 is 2.35 bits per heavy atom. The van der Waals surface area contributed by atoms with Crippen molar-refractivity contribution >= 4 is 11.4 Å². The van der Waals surface area contributed by atoms with Crippen molar-refractivity contribution in [2.24, 2.45) is 10.2 Å². The van der Waals surface area contributed by atoms with Crippen molar-refractivity contribution in [3.8, 4) is 5.88 Å². The third-order valence-electron chi connectivity index (χ3n) is 2.32. The molecule has 20 heavy (non-hydrogen) atoms. The van der Waals surface area contributed by atoms with Gasteiger partial charge in [0.2, 0.25) is 5.88 Å². The number of H-pyrrole nitrogens is 1. The van der Waals surface area contributed by atoms with Crippen LogP contribution in [0.3, 0.4) is 0 Å². The van der Waals surface area contributed by atoms with E-state index in [1.807, 2.05) is 4.98 Å². The lowest BCUT2D eigenvalue weighted by Gasteiger charge is -2.09. The van der Waals surface area contributed by atoms with Gasteiger partial charge in [0, 0.05) is 6.07 Å². The van der Waals surface area contributed by atoms with Crippen LogP contribution in [0.15, 0.2) is 51.4 Å². The highest BCUT2D eigenvalue weighted by Gasteiger charge is 2.36. The second kappa shape index (κ2) is 5.16. The summed E-state index contributed by atoms with van der Waals surface area (Å²) < 4.78 is 38.3. The molecule has 1 heterocycles. The van der Waals surface area contributed by atoms with Gasteiger partial charge in [-0.2, -0.15) is 18.3 Å². The Hall–Kier alpha value is -2.64. The fraction of sp³-hybridized carbons (Fsp3) is 0.0833. The number of hydrogen-bond acceptors (Lipinski definition) is 4. The maximum Gasteiger partial charge on any atom is 0.418 e. The van der Waals surface area contributed by atoms with E-state index in [1.165, 1.54) is 12.1 Å². The molecule has 0 aliphatic rings. The minimum Gasteiger partial charge on any atom is -0.493 e. The van der Waals surface area contributed by atoms with E-state index in [0.29, 0.717) is 11.8 Å². The highest BCUT2D eigenvalue weighted by atomic mass is 19.4. The van der Waals surface area contributed by atoms with Crippen molar-refractivity contribution in [1.29, 1.82) is 0 Å². The molecule has 0 amide bonds. The van der Waals surface area contributed by atoms with Gasteiger partial charge in [0.05, 0.1) is 11.3 Å². The molecule has 2 rings (SSSR count). The van der Waals surface area contributed by atoms with Crippen LogP contribution in [0, 0.1) is 0 Å². The zero-order valence-corrected chi connectivity index (χ0v) is 9.85. The molecule has 0 aliphatic heterocycles. The number of aromatic amines is 1. The highest BCUT2D eigenvalue weighted by molar-refractivity contribution is 5.54. The molecule has 104 valence electrons. The lowest BCUT2D eigenvalue weighted by Crippen LogP contribution is -2.13. The van der Waals surface area contributed by atoms with Gasteiger partial charge in [-0.25, -0.2) is 0 Å². The van der Waals surface area contributed by atoms with Crippen LogP contribution in [0.25, 0.3) is 0 Å². The Balaban J connectivity index is 2.51. The van der Waals surface area contributed by atoms with Crippen molar-refractivity contribution < 1.29 is 18.3 Å². The molecule has 2 aromatic rings. The fourth-order valence-corrected chi connectivity index (χ4v) is 1.46. The van der Waals surface area contributed by atoms with Crippen LogP contribution < -0.4 is 5.56 Å². The quantitative estimate of drug-likeness (QED) is 0.827. The second-order valence-corrected chi connectivity index (χ2v) is 3.78. The first-order valence-electron chi connectivity index (χ1n) is 5.38. The summed E-state index contributed by atoms with van der Waals surface area (Å²) in [4.78, 5) is 12.8. The lowest BCUT2D eigenvalue weighted by atomic mass is 10.2. The zero-order chi connectivity index (χ0) is 14.8. The van der Waals surface area contributed by atoms with Crippen LogP contribution >= 0.6 is 0 Å². The summed E-state index contributed by atoms with van der Waals surface area (Å²) in [7, 11) is 0. The van der Waals surface area contributed by atoms with Crippen LogP contribution in [-0.2, 0) is 6.18 Å². The van der Waals surface area contributed by atoms with E-state index < -0.39 is 28.9 Å². The van der Waals surface area contributed by atoms with Crippen LogP contribution in [0.1, 0.15) is 5.56 Å². The predicted molar refractivity (Wildman–Crippen MR) is 64.3 cm³/mol. The largest absolute Gasteiger partial charge is 0.493 e. The number of halogens is 3. The normalized spacial score (nSPS) is 11.9. The summed E-state index contributed by atoms with van der Waals surface area (Å²) >= 11 is 0. The van der Waals surface area contributed by atoms with Crippen molar-refractivity contribution in [2.45, 2.75) is 6.18 Å². The molecule has 0 aliphatic carbocycles. The number of alkyl halides is 3. The number of hydrogen-bond donors (Lipinski definition) is 2. The number of benzene rings is 1. The van der Waals surface area contributed by atoms with Crippen molar-refractivity contribution in [1.82, 2.24) is 4.98 Å². The van der Waals surface area contributed by atoms with E-state index in [0.717, 1.165) is 0 Å². The maximum absolute atomic E-state index is 12.8. The summed E-state index contributed by atoms with van der Waals surface area (Å²) in [6.07, 6.45) is -4.82. The molecule has 0 unspecified atom stereocenters. The molecule has 2 N–H and O–H groups in total.